The fourth-order valence-electron chi connectivity index (χ4n) is 1.18. The van der Waals surface area contributed by atoms with Crippen LogP contribution in [0.15, 0.2) is 29.0 Å². The van der Waals surface area contributed by atoms with Crippen LogP contribution in [0.1, 0.15) is 11.7 Å². The first-order valence-electron chi connectivity index (χ1n) is 3.93. The number of hydrogen-bond acceptors (Lipinski definition) is 4. The molecule has 1 heterocycles. The van der Waals surface area contributed by atoms with Crippen molar-refractivity contribution in [1.29, 1.82) is 0 Å². The fourth-order valence-corrected chi connectivity index (χ4v) is 1.40. The molecular weight excluding hydrogens is 186 g/mol. The first-order chi connectivity index (χ1) is 6.31. The normalized spacial score (nSPS) is 13.4. The molecule has 68 valence electrons. The van der Waals surface area contributed by atoms with E-state index in [0.717, 1.165) is 11.1 Å². The molecule has 0 radical (unpaired) electrons. The van der Waals surface area contributed by atoms with Crippen LogP contribution in [-0.2, 0) is 0 Å². The van der Waals surface area contributed by atoms with Crippen molar-refractivity contribution in [2.75, 3.05) is 5.75 Å². The number of fused-ring (bicyclic) bond motifs is 1. The topological polar surface area (TPSA) is 46.3 Å². The summed E-state index contributed by atoms with van der Waals surface area (Å²) in [4.78, 5) is 3.98. The number of nitrogens with zero attached hydrogens (tertiary/aromatic N) is 1. The van der Waals surface area contributed by atoms with Crippen molar-refractivity contribution < 1.29 is 9.52 Å². The quantitative estimate of drug-likeness (QED) is 0.718. The molecule has 1 atom stereocenters. The van der Waals surface area contributed by atoms with E-state index in [9.17, 15) is 5.11 Å². The number of hydrogen-bond donors (Lipinski definition) is 2. The van der Waals surface area contributed by atoms with Crippen molar-refractivity contribution >= 4 is 23.7 Å². The first kappa shape index (κ1) is 8.59. The van der Waals surface area contributed by atoms with E-state index in [0.29, 0.717) is 11.3 Å². The smallest absolute Gasteiger partial charge is 0.181 e. The fraction of sp³-hybridized carbons (Fsp3) is 0.222. The Kier molecular flexibility index (Phi) is 2.24. The third-order valence-electron chi connectivity index (χ3n) is 1.91. The minimum atomic E-state index is -0.544. The maximum atomic E-state index is 9.49. The molecule has 2 rings (SSSR count). The summed E-state index contributed by atoms with van der Waals surface area (Å²) in [6.45, 7) is 0. The van der Waals surface area contributed by atoms with E-state index in [4.69, 9.17) is 4.42 Å². The van der Waals surface area contributed by atoms with Gasteiger partial charge in [-0.25, -0.2) is 4.98 Å². The minimum absolute atomic E-state index is 0.402. The summed E-state index contributed by atoms with van der Waals surface area (Å²) in [5.41, 5.74) is 2.30. The summed E-state index contributed by atoms with van der Waals surface area (Å²) in [5.74, 6) is 0.402. The predicted octanol–water partition coefficient (Wildman–Crippen LogP) is 1.79. The summed E-state index contributed by atoms with van der Waals surface area (Å²) in [6, 6.07) is 5.43. The Morgan fingerprint density at radius 3 is 3.15 bits per heavy atom. The third-order valence-corrected chi connectivity index (χ3v) is 2.26. The molecule has 13 heavy (non-hydrogen) atoms. The maximum absolute atomic E-state index is 9.49. The van der Waals surface area contributed by atoms with E-state index >= 15 is 0 Å². The van der Waals surface area contributed by atoms with Gasteiger partial charge in [0.15, 0.2) is 12.0 Å². The second kappa shape index (κ2) is 3.40. The highest BCUT2D eigenvalue weighted by molar-refractivity contribution is 7.80. The molecule has 3 nitrogen and oxygen atoms in total. The highest BCUT2D eigenvalue weighted by Crippen LogP contribution is 2.19. The first-order valence-corrected chi connectivity index (χ1v) is 4.56. The van der Waals surface area contributed by atoms with E-state index in [1.165, 1.54) is 6.39 Å². The number of aliphatic hydroxyl groups is 1. The lowest BCUT2D eigenvalue weighted by Crippen LogP contribution is -1.97. The molecule has 4 heteroatoms. The van der Waals surface area contributed by atoms with E-state index < -0.39 is 6.10 Å². The Balaban J connectivity index is 2.48. The lowest BCUT2D eigenvalue weighted by atomic mass is 10.1. The Labute approximate surface area is 80.8 Å². The molecule has 0 aliphatic heterocycles. The summed E-state index contributed by atoms with van der Waals surface area (Å²) in [6.07, 6.45) is 0.847. The van der Waals surface area contributed by atoms with Crippen molar-refractivity contribution in [1.82, 2.24) is 4.98 Å². The van der Waals surface area contributed by atoms with Crippen molar-refractivity contribution in [3.8, 4) is 0 Å². The SMILES string of the molecule is OC(CS)c1ccc2ncoc2c1. The van der Waals surface area contributed by atoms with Gasteiger partial charge in [0.2, 0.25) is 0 Å². The third kappa shape index (κ3) is 1.55. The van der Waals surface area contributed by atoms with Gasteiger partial charge in [-0.3, -0.25) is 0 Å². The minimum Gasteiger partial charge on any atom is -0.443 e. The second-order valence-corrected chi connectivity index (χ2v) is 3.14. The Bertz CT molecular complexity index is 413. The van der Waals surface area contributed by atoms with Crippen molar-refractivity contribution in [3.05, 3.63) is 30.2 Å². The summed E-state index contributed by atoms with van der Waals surface area (Å²) in [7, 11) is 0. The van der Waals surface area contributed by atoms with Gasteiger partial charge in [0.1, 0.15) is 5.52 Å². The van der Waals surface area contributed by atoms with Gasteiger partial charge in [0, 0.05) is 5.75 Å². The van der Waals surface area contributed by atoms with E-state index in [-0.39, 0.29) is 0 Å². The molecule has 0 aliphatic carbocycles. The number of benzene rings is 1. The van der Waals surface area contributed by atoms with Gasteiger partial charge in [-0.2, -0.15) is 12.6 Å². The average molecular weight is 195 g/mol. The molecule has 0 aliphatic rings. The number of aliphatic hydroxyl groups excluding tert-OH is 1. The average Bonchev–Trinajstić information content (AvgIpc) is 2.63. The molecule has 0 bridgehead atoms. The van der Waals surface area contributed by atoms with Crippen molar-refractivity contribution in [3.63, 3.8) is 0 Å². The molecule has 1 aromatic carbocycles. The van der Waals surface area contributed by atoms with Gasteiger partial charge >= 0.3 is 0 Å². The maximum Gasteiger partial charge on any atom is 0.181 e. The molecule has 1 aromatic heterocycles. The molecule has 0 saturated heterocycles. The van der Waals surface area contributed by atoms with Crippen LogP contribution in [0.4, 0.5) is 0 Å². The van der Waals surface area contributed by atoms with Gasteiger partial charge in [0.25, 0.3) is 0 Å². The van der Waals surface area contributed by atoms with Gasteiger partial charge in [-0.1, -0.05) is 6.07 Å². The van der Waals surface area contributed by atoms with Crippen LogP contribution >= 0.6 is 12.6 Å². The molecular formula is C9H9NO2S. The van der Waals surface area contributed by atoms with Crippen LogP contribution < -0.4 is 0 Å². The molecule has 0 saturated carbocycles. The van der Waals surface area contributed by atoms with Gasteiger partial charge in [0.05, 0.1) is 6.10 Å². The standard InChI is InChI=1S/C9H9NO2S/c11-8(4-13)6-1-2-7-9(3-6)12-5-10-7/h1-3,5,8,11,13H,4H2. The number of oxazole rings is 1. The molecule has 1 N–H and O–H groups in total. The van der Waals surface area contributed by atoms with E-state index in [1.807, 2.05) is 12.1 Å². The van der Waals surface area contributed by atoms with Crippen LogP contribution in [0.25, 0.3) is 11.1 Å². The van der Waals surface area contributed by atoms with Crippen LogP contribution in [0, 0.1) is 0 Å². The second-order valence-electron chi connectivity index (χ2n) is 2.78. The summed E-state index contributed by atoms with van der Waals surface area (Å²) in [5, 5.41) is 9.49. The largest absolute Gasteiger partial charge is 0.443 e. The zero-order chi connectivity index (χ0) is 9.26. The van der Waals surface area contributed by atoms with E-state index in [2.05, 4.69) is 17.6 Å². The molecule has 1 unspecified atom stereocenters. The Hall–Kier alpha value is -1.00. The predicted molar refractivity (Wildman–Crippen MR) is 52.8 cm³/mol. The number of rotatable bonds is 2. The van der Waals surface area contributed by atoms with Gasteiger partial charge in [-0.15, -0.1) is 0 Å². The lowest BCUT2D eigenvalue weighted by Gasteiger charge is -2.05. The summed E-state index contributed by atoms with van der Waals surface area (Å²) < 4.78 is 5.11. The van der Waals surface area contributed by atoms with Crippen molar-refractivity contribution in [2.24, 2.45) is 0 Å². The van der Waals surface area contributed by atoms with Crippen molar-refractivity contribution in [2.45, 2.75) is 6.10 Å². The zero-order valence-corrected chi connectivity index (χ0v) is 7.74. The highest BCUT2D eigenvalue weighted by atomic mass is 32.1. The van der Waals surface area contributed by atoms with Crippen LogP contribution in [0.2, 0.25) is 0 Å². The molecule has 2 aromatic rings. The highest BCUT2D eigenvalue weighted by Gasteiger charge is 2.07. The monoisotopic (exact) mass is 195 g/mol. The van der Waals surface area contributed by atoms with Gasteiger partial charge in [-0.05, 0) is 17.7 Å². The van der Waals surface area contributed by atoms with Crippen LogP contribution in [0.5, 0.6) is 0 Å². The number of thiol groups is 1. The zero-order valence-electron chi connectivity index (χ0n) is 6.84. The van der Waals surface area contributed by atoms with Crippen LogP contribution in [-0.4, -0.2) is 15.8 Å². The van der Waals surface area contributed by atoms with E-state index in [1.54, 1.807) is 6.07 Å². The molecule has 0 amide bonds. The Morgan fingerprint density at radius 2 is 2.38 bits per heavy atom. The van der Waals surface area contributed by atoms with Gasteiger partial charge < -0.3 is 9.52 Å². The summed E-state index contributed by atoms with van der Waals surface area (Å²) >= 11 is 4.01. The molecule has 0 fully saturated rings. The van der Waals surface area contributed by atoms with Crippen LogP contribution in [0.3, 0.4) is 0 Å². The number of aromatic nitrogens is 1. The lowest BCUT2D eigenvalue weighted by molar-refractivity contribution is 0.204. The molecule has 0 spiro atoms. The Morgan fingerprint density at radius 1 is 1.54 bits per heavy atom.